The van der Waals surface area contributed by atoms with Crippen LogP contribution in [0.4, 0.5) is 14.5 Å². The van der Waals surface area contributed by atoms with Crippen molar-refractivity contribution >= 4 is 16.7 Å². The van der Waals surface area contributed by atoms with Crippen molar-refractivity contribution in [2.45, 2.75) is 26.1 Å². The normalized spacial score (nSPS) is 17.4. The molecule has 1 aromatic heterocycles. The van der Waals surface area contributed by atoms with Crippen molar-refractivity contribution in [3.63, 3.8) is 0 Å². The molecule has 0 saturated carbocycles. The summed E-state index contributed by atoms with van der Waals surface area (Å²) in [7, 11) is 0. The molecule has 2 aliphatic rings. The zero-order chi connectivity index (χ0) is 19.8. The van der Waals surface area contributed by atoms with Gasteiger partial charge in [0.1, 0.15) is 5.82 Å². The number of halogens is 2. The van der Waals surface area contributed by atoms with Crippen LogP contribution in [0.15, 0.2) is 42.5 Å². The second-order valence-corrected chi connectivity index (χ2v) is 7.64. The van der Waals surface area contributed by atoms with Gasteiger partial charge in [-0.2, -0.15) is 8.78 Å². The molecule has 0 atom stereocenters. The summed E-state index contributed by atoms with van der Waals surface area (Å²) in [6.07, 6.45) is 0.500. The Hall–Kier alpha value is -2.51. The SMILES string of the molecule is FC(F)n1c(CCN2Cc3cccc(N4CCOCC4)c3C2)nc2ccccc21. The van der Waals surface area contributed by atoms with E-state index >= 15 is 0 Å². The molecule has 0 N–H and O–H groups in total. The highest BCUT2D eigenvalue weighted by Crippen LogP contribution is 2.32. The lowest BCUT2D eigenvalue weighted by Gasteiger charge is -2.30. The summed E-state index contributed by atoms with van der Waals surface area (Å²) < 4.78 is 33.9. The maximum absolute atomic E-state index is 13.7. The summed E-state index contributed by atoms with van der Waals surface area (Å²) in [6, 6.07) is 13.6. The number of hydrogen-bond acceptors (Lipinski definition) is 4. The van der Waals surface area contributed by atoms with Crippen LogP contribution in [0.2, 0.25) is 0 Å². The Kier molecular flexibility index (Phi) is 4.93. The number of para-hydroxylation sites is 2. The largest absolute Gasteiger partial charge is 0.378 e. The maximum atomic E-state index is 13.7. The Labute approximate surface area is 168 Å². The van der Waals surface area contributed by atoms with Crippen molar-refractivity contribution in [1.29, 1.82) is 0 Å². The van der Waals surface area contributed by atoms with Gasteiger partial charge < -0.3 is 9.64 Å². The van der Waals surface area contributed by atoms with Gasteiger partial charge in [0.2, 0.25) is 0 Å². The van der Waals surface area contributed by atoms with Crippen molar-refractivity contribution in [2.75, 3.05) is 37.7 Å². The molecule has 0 bridgehead atoms. The lowest BCUT2D eigenvalue weighted by Crippen LogP contribution is -2.36. The highest BCUT2D eigenvalue weighted by molar-refractivity contribution is 5.76. The molecule has 0 spiro atoms. The molecule has 2 aliphatic heterocycles. The third kappa shape index (κ3) is 3.49. The molecule has 0 unspecified atom stereocenters. The lowest BCUT2D eigenvalue weighted by molar-refractivity contribution is 0.0709. The van der Waals surface area contributed by atoms with Crippen LogP contribution in [0, 0.1) is 0 Å². The standard InChI is InChI=1S/C22H24F2N4O/c23-22(24)28-20-6-2-1-5-18(20)25-21(28)8-9-26-14-16-4-3-7-19(17(16)15-26)27-10-12-29-13-11-27/h1-7,22H,8-15H2. The molecule has 0 aliphatic carbocycles. The second-order valence-electron chi connectivity index (χ2n) is 7.64. The molecule has 29 heavy (non-hydrogen) atoms. The average Bonchev–Trinajstić information content (AvgIpc) is 3.33. The van der Waals surface area contributed by atoms with E-state index in [2.05, 4.69) is 33.0 Å². The highest BCUT2D eigenvalue weighted by atomic mass is 19.3. The van der Waals surface area contributed by atoms with Crippen molar-refractivity contribution in [2.24, 2.45) is 0 Å². The minimum Gasteiger partial charge on any atom is -0.378 e. The number of imidazole rings is 1. The summed E-state index contributed by atoms with van der Waals surface area (Å²) >= 11 is 0. The van der Waals surface area contributed by atoms with E-state index in [0.29, 0.717) is 29.8 Å². The van der Waals surface area contributed by atoms with Gasteiger partial charge in [0, 0.05) is 44.8 Å². The van der Waals surface area contributed by atoms with Crippen LogP contribution < -0.4 is 4.90 Å². The quantitative estimate of drug-likeness (QED) is 0.654. The summed E-state index contributed by atoms with van der Waals surface area (Å²) in [6.45, 7) is 3.16. The minimum absolute atomic E-state index is 0.450. The number of fused-ring (bicyclic) bond motifs is 2. The lowest BCUT2D eigenvalue weighted by atomic mass is 10.1. The average molecular weight is 398 g/mol. The van der Waals surface area contributed by atoms with Crippen LogP contribution in [0.1, 0.15) is 23.5 Å². The second kappa shape index (κ2) is 7.72. The molecule has 5 rings (SSSR count). The molecular formula is C22H24F2N4O. The van der Waals surface area contributed by atoms with Crippen molar-refractivity contribution in [3.8, 4) is 0 Å². The Morgan fingerprint density at radius 3 is 2.66 bits per heavy atom. The van der Waals surface area contributed by atoms with Crippen LogP contribution in [0.5, 0.6) is 0 Å². The summed E-state index contributed by atoms with van der Waals surface area (Å²) in [5.74, 6) is 0.450. The van der Waals surface area contributed by atoms with Crippen molar-refractivity contribution < 1.29 is 13.5 Å². The Bertz CT molecular complexity index is 1010. The third-order valence-electron chi connectivity index (χ3n) is 5.89. The fourth-order valence-electron chi connectivity index (χ4n) is 4.48. The number of alkyl halides is 2. The molecule has 2 aromatic carbocycles. The fraction of sp³-hybridized carbons (Fsp3) is 0.409. The van der Waals surface area contributed by atoms with Gasteiger partial charge >= 0.3 is 6.55 Å². The first kappa shape index (κ1) is 18.5. The number of benzene rings is 2. The number of ether oxygens (including phenoxy) is 1. The van der Waals surface area contributed by atoms with Crippen molar-refractivity contribution in [3.05, 3.63) is 59.4 Å². The summed E-state index contributed by atoms with van der Waals surface area (Å²) in [5, 5.41) is 0. The van der Waals surface area contributed by atoms with E-state index in [1.165, 1.54) is 16.8 Å². The van der Waals surface area contributed by atoms with Gasteiger partial charge in [-0.05, 0) is 29.3 Å². The van der Waals surface area contributed by atoms with E-state index in [1.807, 2.05) is 6.07 Å². The fourth-order valence-corrected chi connectivity index (χ4v) is 4.48. The minimum atomic E-state index is -2.58. The number of rotatable bonds is 5. The van der Waals surface area contributed by atoms with Crippen LogP contribution in [-0.4, -0.2) is 47.3 Å². The monoisotopic (exact) mass is 398 g/mol. The molecule has 0 amide bonds. The van der Waals surface area contributed by atoms with Gasteiger partial charge in [0.25, 0.3) is 0 Å². The van der Waals surface area contributed by atoms with Crippen LogP contribution in [0.25, 0.3) is 11.0 Å². The summed E-state index contributed by atoms with van der Waals surface area (Å²) in [5.41, 5.74) is 5.10. The van der Waals surface area contributed by atoms with Crippen LogP contribution >= 0.6 is 0 Å². The predicted octanol–water partition coefficient (Wildman–Crippen LogP) is 3.83. The third-order valence-corrected chi connectivity index (χ3v) is 5.89. The van der Waals surface area contributed by atoms with E-state index < -0.39 is 6.55 Å². The van der Waals surface area contributed by atoms with Crippen LogP contribution in [0.3, 0.4) is 0 Å². The van der Waals surface area contributed by atoms with E-state index in [0.717, 1.165) is 44.0 Å². The Balaban J connectivity index is 1.33. The van der Waals surface area contributed by atoms with Gasteiger partial charge in [-0.15, -0.1) is 0 Å². The predicted molar refractivity (Wildman–Crippen MR) is 108 cm³/mol. The van der Waals surface area contributed by atoms with Gasteiger partial charge in [0.05, 0.1) is 24.2 Å². The highest BCUT2D eigenvalue weighted by Gasteiger charge is 2.25. The van der Waals surface area contributed by atoms with Gasteiger partial charge in [-0.3, -0.25) is 9.47 Å². The topological polar surface area (TPSA) is 33.5 Å². The molecule has 3 heterocycles. The number of anilines is 1. The number of morpholine rings is 1. The first-order valence-corrected chi connectivity index (χ1v) is 10.1. The van der Waals surface area contributed by atoms with Crippen molar-refractivity contribution in [1.82, 2.24) is 14.5 Å². The molecule has 5 nitrogen and oxygen atoms in total. The molecule has 0 radical (unpaired) electrons. The first-order chi connectivity index (χ1) is 14.2. The van der Waals surface area contributed by atoms with Gasteiger partial charge in [0.15, 0.2) is 0 Å². The number of hydrogen-bond donors (Lipinski definition) is 0. The van der Waals surface area contributed by atoms with Crippen LogP contribution in [-0.2, 0) is 24.2 Å². The molecule has 1 saturated heterocycles. The van der Waals surface area contributed by atoms with E-state index in [1.54, 1.807) is 18.2 Å². The number of nitrogens with zero attached hydrogens (tertiary/aromatic N) is 4. The van der Waals surface area contributed by atoms with Gasteiger partial charge in [-0.25, -0.2) is 4.98 Å². The van der Waals surface area contributed by atoms with Gasteiger partial charge in [-0.1, -0.05) is 24.3 Å². The smallest absolute Gasteiger partial charge is 0.320 e. The van der Waals surface area contributed by atoms with E-state index in [-0.39, 0.29) is 0 Å². The summed E-state index contributed by atoms with van der Waals surface area (Å²) in [4.78, 5) is 9.18. The van der Waals surface area contributed by atoms with E-state index in [9.17, 15) is 8.78 Å². The number of aromatic nitrogens is 2. The molecular weight excluding hydrogens is 374 g/mol. The zero-order valence-electron chi connectivity index (χ0n) is 16.2. The Morgan fingerprint density at radius 1 is 1.00 bits per heavy atom. The molecule has 152 valence electrons. The molecule has 7 heteroatoms. The molecule has 1 fully saturated rings. The Morgan fingerprint density at radius 2 is 1.83 bits per heavy atom. The molecule has 3 aromatic rings. The van der Waals surface area contributed by atoms with E-state index in [4.69, 9.17) is 4.74 Å². The maximum Gasteiger partial charge on any atom is 0.320 e. The first-order valence-electron chi connectivity index (χ1n) is 10.1. The zero-order valence-corrected chi connectivity index (χ0v) is 16.2.